The van der Waals surface area contributed by atoms with Gasteiger partial charge in [0, 0.05) is 26.2 Å². The molecule has 0 bridgehead atoms. The van der Waals surface area contributed by atoms with Crippen LogP contribution in [0.4, 0.5) is 4.39 Å². The third-order valence-corrected chi connectivity index (χ3v) is 6.65. The Bertz CT molecular complexity index is 1120. The average Bonchev–Trinajstić information content (AvgIpc) is 3.07. The van der Waals surface area contributed by atoms with Crippen LogP contribution in [0.3, 0.4) is 0 Å². The van der Waals surface area contributed by atoms with E-state index in [2.05, 4.69) is 16.8 Å². The molecule has 1 amide bonds. The molecular formula is C21H23FN4O2S. The Kier molecular flexibility index (Phi) is 5.47. The zero-order valence-corrected chi connectivity index (χ0v) is 17.3. The summed E-state index contributed by atoms with van der Waals surface area (Å²) >= 11 is 1.27. The third-order valence-electron chi connectivity index (χ3n) is 5.46. The van der Waals surface area contributed by atoms with Gasteiger partial charge in [0.25, 0.3) is 11.5 Å². The summed E-state index contributed by atoms with van der Waals surface area (Å²) in [5.74, 6) is -0.371. The van der Waals surface area contributed by atoms with E-state index in [1.165, 1.54) is 34.4 Å². The highest BCUT2D eigenvalue weighted by Crippen LogP contribution is 2.28. The van der Waals surface area contributed by atoms with Crippen molar-refractivity contribution >= 4 is 27.5 Å². The Morgan fingerprint density at radius 1 is 1.24 bits per heavy atom. The standard InChI is InChI=1S/C21H23FN4O2S/c1-3-24-7-9-25(10-8-24)21(28)18-14(2)17-19(29-18)23-13-26(20(17)27)12-15-5-4-6-16(22)11-15/h4-6,11,13H,3,7-10,12H2,1-2H3. The Hall–Kier alpha value is -2.58. The number of fused-ring (bicyclic) bond motifs is 1. The molecule has 6 nitrogen and oxygen atoms in total. The first-order valence-electron chi connectivity index (χ1n) is 9.72. The second kappa shape index (κ2) is 8.04. The van der Waals surface area contributed by atoms with Crippen molar-refractivity contribution in [2.24, 2.45) is 0 Å². The van der Waals surface area contributed by atoms with Crippen LogP contribution >= 0.6 is 11.3 Å². The van der Waals surface area contributed by atoms with Gasteiger partial charge in [0.1, 0.15) is 10.6 Å². The van der Waals surface area contributed by atoms with E-state index in [1.54, 1.807) is 12.1 Å². The smallest absolute Gasteiger partial charge is 0.264 e. The molecule has 29 heavy (non-hydrogen) atoms. The van der Waals surface area contributed by atoms with E-state index in [1.807, 2.05) is 11.8 Å². The summed E-state index contributed by atoms with van der Waals surface area (Å²) in [6, 6.07) is 6.16. The summed E-state index contributed by atoms with van der Waals surface area (Å²) in [6.07, 6.45) is 1.47. The highest BCUT2D eigenvalue weighted by molar-refractivity contribution is 7.20. The van der Waals surface area contributed by atoms with Crippen LogP contribution in [0.5, 0.6) is 0 Å². The highest BCUT2D eigenvalue weighted by Gasteiger charge is 2.26. The molecule has 4 rings (SSSR count). The number of amides is 1. The molecule has 0 radical (unpaired) electrons. The van der Waals surface area contributed by atoms with E-state index in [0.717, 1.165) is 19.6 Å². The van der Waals surface area contributed by atoms with Crippen LogP contribution in [0.1, 0.15) is 27.7 Å². The van der Waals surface area contributed by atoms with Crippen molar-refractivity contribution in [3.8, 4) is 0 Å². The largest absolute Gasteiger partial charge is 0.335 e. The quantitative estimate of drug-likeness (QED) is 0.659. The van der Waals surface area contributed by atoms with Crippen molar-refractivity contribution in [3.05, 3.63) is 62.8 Å². The van der Waals surface area contributed by atoms with Gasteiger partial charge in [-0.25, -0.2) is 9.37 Å². The van der Waals surface area contributed by atoms with Gasteiger partial charge in [-0.2, -0.15) is 0 Å². The molecule has 0 atom stereocenters. The van der Waals surface area contributed by atoms with E-state index >= 15 is 0 Å². The minimum absolute atomic E-state index is 0.0302. The summed E-state index contributed by atoms with van der Waals surface area (Å²) in [5, 5.41) is 0.476. The lowest BCUT2D eigenvalue weighted by Gasteiger charge is -2.33. The number of rotatable bonds is 4. The van der Waals surface area contributed by atoms with Crippen LogP contribution in [0.25, 0.3) is 10.2 Å². The van der Waals surface area contributed by atoms with E-state index in [4.69, 9.17) is 0 Å². The SMILES string of the molecule is CCN1CCN(C(=O)c2sc3ncn(Cc4cccc(F)c4)c(=O)c3c2C)CC1. The van der Waals surface area contributed by atoms with Gasteiger partial charge in [0.15, 0.2) is 0 Å². The maximum absolute atomic E-state index is 13.5. The molecule has 8 heteroatoms. The number of carbonyl (C=O) groups excluding carboxylic acids is 1. The number of aryl methyl sites for hydroxylation is 1. The number of thiophene rings is 1. The van der Waals surface area contributed by atoms with Gasteiger partial charge in [-0.15, -0.1) is 11.3 Å². The second-order valence-corrected chi connectivity index (χ2v) is 8.27. The zero-order valence-electron chi connectivity index (χ0n) is 16.5. The predicted molar refractivity (Wildman–Crippen MR) is 112 cm³/mol. The summed E-state index contributed by atoms with van der Waals surface area (Å²) in [7, 11) is 0. The maximum Gasteiger partial charge on any atom is 0.264 e. The molecule has 1 aliphatic rings. The van der Waals surface area contributed by atoms with Crippen molar-refractivity contribution < 1.29 is 9.18 Å². The number of carbonyl (C=O) groups is 1. The molecule has 1 aromatic carbocycles. The summed E-state index contributed by atoms with van der Waals surface area (Å²) in [6.45, 7) is 8.26. The van der Waals surface area contributed by atoms with Crippen molar-refractivity contribution in [1.29, 1.82) is 0 Å². The van der Waals surface area contributed by atoms with Gasteiger partial charge >= 0.3 is 0 Å². The van der Waals surface area contributed by atoms with Gasteiger partial charge in [0.2, 0.25) is 0 Å². The van der Waals surface area contributed by atoms with Gasteiger partial charge in [-0.3, -0.25) is 14.2 Å². The molecule has 1 aliphatic heterocycles. The number of hydrogen-bond acceptors (Lipinski definition) is 5. The number of piperazine rings is 1. The van der Waals surface area contributed by atoms with Crippen LogP contribution in [0.2, 0.25) is 0 Å². The van der Waals surface area contributed by atoms with Crippen molar-refractivity contribution in [2.75, 3.05) is 32.7 Å². The normalized spacial score (nSPS) is 15.2. The Balaban J connectivity index is 1.64. The van der Waals surface area contributed by atoms with Crippen molar-refractivity contribution in [1.82, 2.24) is 19.4 Å². The fraction of sp³-hybridized carbons (Fsp3) is 0.381. The summed E-state index contributed by atoms with van der Waals surface area (Å²) < 4.78 is 14.9. The van der Waals surface area contributed by atoms with Crippen LogP contribution < -0.4 is 5.56 Å². The van der Waals surface area contributed by atoms with E-state index in [-0.39, 0.29) is 23.8 Å². The minimum atomic E-state index is -0.340. The molecule has 3 heterocycles. The Morgan fingerprint density at radius 2 is 2.00 bits per heavy atom. The van der Waals surface area contributed by atoms with Gasteiger partial charge in [0.05, 0.1) is 23.1 Å². The molecule has 1 saturated heterocycles. The molecule has 3 aromatic rings. The van der Waals surface area contributed by atoms with Crippen molar-refractivity contribution in [3.63, 3.8) is 0 Å². The first-order chi connectivity index (χ1) is 14.0. The fourth-order valence-electron chi connectivity index (χ4n) is 3.72. The molecule has 2 aromatic heterocycles. The number of hydrogen-bond donors (Lipinski definition) is 0. The molecule has 1 fully saturated rings. The molecule has 0 saturated carbocycles. The fourth-order valence-corrected chi connectivity index (χ4v) is 4.83. The topological polar surface area (TPSA) is 58.4 Å². The van der Waals surface area contributed by atoms with Gasteiger partial charge in [-0.1, -0.05) is 19.1 Å². The zero-order chi connectivity index (χ0) is 20.5. The highest BCUT2D eigenvalue weighted by atomic mass is 32.1. The first kappa shape index (κ1) is 19.7. The second-order valence-electron chi connectivity index (χ2n) is 7.27. The molecule has 152 valence electrons. The summed E-state index contributed by atoms with van der Waals surface area (Å²) in [4.78, 5) is 35.8. The van der Waals surface area contributed by atoms with Gasteiger partial charge in [-0.05, 0) is 36.7 Å². The molecular weight excluding hydrogens is 391 g/mol. The Morgan fingerprint density at radius 3 is 2.69 bits per heavy atom. The average molecular weight is 415 g/mol. The maximum atomic E-state index is 13.5. The molecule has 0 aliphatic carbocycles. The van der Waals surface area contributed by atoms with Gasteiger partial charge < -0.3 is 9.80 Å². The number of benzene rings is 1. The lowest BCUT2D eigenvalue weighted by molar-refractivity contribution is 0.0647. The van der Waals surface area contributed by atoms with Crippen LogP contribution in [0.15, 0.2) is 35.4 Å². The van der Waals surface area contributed by atoms with E-state index < -0.39 is 0 Å². The minimum Gasteiger partial charge on any atom is -0.335 e. The number of nitrogens with zero attached hydrogens (tertiary/aromatic N) is 4. The van der Waals surface area contributed by atoms with Crippen molar-refractivity contribution in [2.45, 2.75) is 20.4 Å². The number of aromatic nitrogens is 2. The summed E-state index contributed by atoms with van der Waals surface area (Å²) in [5.41, 5.74) is 1.16. The third kappa shape index (κ3) is 3.82. The molecule has 0 spiro atoms. The molecule has 0 unspecified atom stereocenters. The van der Waals surface area contributed by atoms with Crippen LogP contribution in [-0.4, -0.2) is 58.0 Å². The van der Waals surface area contributed by atoms with E-state index in [0.29, 0.717) is 39.3 Å². The monoisotopic (exact) mass is 414 g/mol. The predicted octanol–water partition coefficient (Wildman–Crippen LogP) is 2.73. The number of halogens is 1. The lowest BCUT2D eigenvalue weighted by Crippen LogP contribution is -2.48. The Labute approximate surface area is 172 Å². The number of likely N-dealkylation sites (N-methyl/N-ethyl adjacent to an activating group) is 1. The molecule has 0 N–H and O–H groups in total. The van der Waals surface area contributed by atoms with Crippen LogP contribution in [0, 0.1) is 12.7 Å². The van der Waals surface area contributed by atoms with Crippen LogP contribution in [-0.2, 0) is 6.54 Å². The first-order valence-corrected chi connectivity index (χ1v) is 10.5. The lowest BCUT2D eigenvalue weighted by atomic mass is 10.2. The van der Waals surface area contributed by atoms with E-state index in [9.17, 15) is 14.0 Å².